The van der Waals surface area contributed by atoms with Gasteiger partial charge < -0.3 is 5.32 Å². The van der Waals surface area contributed by atoms with E-state index >= 15 is 0 Å². The van der Waals surface area contributed by atoms with Gasteiger partial charge in [0.15, 0.2) is 0 Å². The van der Waals surface area contributed by atoms with E-state index in [-0.39, 0.29) is 16.3 Å². The van der Waals surface area contributed by atoms with E-state index in [1.54, 1.807) is 6.07 Å². The van der Waals surface area contributed by atoms with Crippen LogP contribution in [0.3, 0.4) is 0 Å². The van der Waals surface area contributed by atoms with E-state index in [0.717, 1.165) is 18.4 Å². The summed E-state index contributed by atoms with van der Waals surface area (Å²) in [4.78, 5) is 0. The van der Waals surface area contributed by atoms with Crippen LogP contribution in [-0.2, 0) is 6.42 Å². The van der Waals surface area contributed by atoms with Gasteiger partial charge in [-0.05, 0) is 43.0 Å². The molecule has 96 valence electrons. The molecule has 0 heterocycles. The molecule has 1 aromatic rings. The zero-order valence-corrected chi connectivity index (χ0v) is 11.7. The van der Waals surface area contributed by atoms with Gasteiger partial charge in [0.05, 0.1) is 5.02 Å². The zero-order valence-electron chi connectivity index (χ0n) is 11.0. The third-order valence-electron chi connectivity index (χ3n) is 2.73. The van der Waals surface area contributed by atoms with E-state index in [9.17, 15) is 4.39 Å². The molecule has 1 N–H and O–H groups in total. The molecule has 0 saturated carbocycles. The minimum atomic E-state index is -0.338. The summed E-state index contributed by atoms with van der Waals surface area (Å²) in [5.41, 5.74) is 1.24. The molecule has 0 fully saturated rings. The minimum absolute atomic E-state index is 0.186. The van der Waals surface area contributed by atoms with E-state index < -0.39 is 0 Å². The summed E-state index contributed by atoms with van der Waals surface area (Å²) in [5, 5.41) is 3.47. The lowest BCUT2D eigenvalue weighted by Gasteiger charge is -2.25. The molecule has 0 aliphatic rings. The molecule has 0 amide bonds. The third-order valence-corrected chi connectivity index (χ3v) is 3.04. The summed E-state index contributed by atoms with van der Waals surface area (Å²) in [6.45, 7) is 6.62. The molecular weight excluding hydrogens is 237 g/mol. The number of benzene rings is 1. The normalized spacial score (nSPS) is 13.8. The van der Waals surface area contributed by atoms with Crippen molar-refractivity contribution in [2.24, 2.45) is 5.41 Å². The fourth-order valence-corrected chi connectivity index (χ4v) is 2.08. The monoisotopic (exact) mass is 257 g/mol. The van der Waals surface area contributed by atoms with Gasteiger partial charge in [0.25, 0.3) is 0 Å². The van der Waals surface area contributed by atoms with Crippen molar-refractivity contribution in [1.82, 2.24) is 5.32 Å². The van der Waals surface area contributed by atoms with Gasteiger partial charge in [-0.15, -0.1) is 0 Å². The molecular formula is C14H21ClFN. The van der Waals surface area contributed by atoms with Crippen molar-refractivity contribution in [3.8, 4) is 0 Å². The molecule has 0 radical (unpaired) electrons. The van der Waals surface area contributed by atoms with Gasteiger partial charge in [-0.25, -0.2) is 4.39 Å². The average Bonchev–Trinajstić information content (AvgIpc) is 2.20. The van der Waals surface area contributed by atoms with E-state index in [4.69, 9.17) is 11.6 Å². The van der Waals surface area contributed by atoms with Gasteiger partial charge in [-0.2, -0.15) is 0 Å². The molecule has 1 nitrogen and oxygen atoms in total. The highest BCUT2D eigenvalue weighted by molar-refractivity contribution is 6.30. The van der Waals surface area contributed by atoms with Crippen LogP contribution in [0.25, 0.3) is 0 Å². The summed E-state index contributed by atoms with van der Waals surface area (Å²) in [5.74, 6) is -0.338. The number of nitrogens with one attached hydrogen (secondary N) is 1. The second-order valence-electron chi connectivity index (χ2n) is 5.70. The molecule has 0 bridgehead atoms. The van der Waals surface area contributed by atoms with E-state index in [2.05, 4.69) is 26.1 Å². The largest absolute Gasteiger partial charge is 0.317 e. The Morgan fingerprint density at radius 3 is 2.47 bits per heavy atom. The first-order valence-corrected chi connectivity index (χ1v) is 6.31. The van der Waals surface area contributed by atoms with Crippen molar-refractivity contribution < 1.29 is 4.39 Å². The number of likely N-dealkylation sites (N-methyl/N-ethyl adjacent to an activating group) is 1. The van der Waals surface area contributed by atoms with Crippen molar-refractivity contribution >= 4 is 11.6 Å². The molecule has 17 heavy (non-hydrogen) atoms. The molecule has 0 saturated heterocycles. The van der Waals surface area contributed by atoms with Gasteiger partial charge >= 0.3 is 0 Å². The van der Waals surface area contributed by atoms with Crippen molar-refractivity contribution in [3.05, 3.63) is 34.6 Å². The molecule has 0 aromatic heterocycles. The lowest BCUT2D eigenvalue weighted by atomic mass is 9.86. The van der Waals surface area contributed by atoms with E-state index in [0.29, 0.717) is 6.04 Å². The van der Waals surface area contributed by atoms with Crippen molar-refractivity contribution in [2.45, 2.75) is 39.7 Å². The van der Waals surface area contributed by atoms with E-state index in [1.165, 1.54) is 6.07 Å². The second-order valence-corrected chi connectivity index (χ2v) is 6.11. The molecule has 0 aliphatic heterocycles. The Labute approximate surface area is 108 Å². The van der Waals surface area contributed by atoms with Crippen LogP contribution >= 0.6 is 11.6 Å². The highest BCUT2D eigenvalue weighted by Gasteiger charge is 2.18. The van der Waals surface area contributed by atoms with Crippen molar-refractivity contribution in [3.63, 3.8) is 0 Å². The average molecular weight is 258 g/mol. The van der Waals surface area contributed by atoms with Gasteiger partial charge in [0.1, 0.15) is 5.82 Å². The molecule has 1 rings (SSSR count). The molecule has 1 atom stereocenters. The van der Waals surface area contributed by atoms with Crippen LogP contribution in [0.4, 0.5) is 4.39 Å². The lowest BCUT2D eigenvalue weighted by molar-refractivity contribution is 0.316. The third kappa shape index (κ3) is 5.05. The zero-order chi connectivity index (χ0) is 13.1. The van der Waals surface area contributed by atoms with Crippen molar-refractivity contribution in [1.29, 1.82) is 0 Å². The van der Waals surface area contributed by atoms with Crippen LogP contribution in [0.1, 0.15) is 32.8 Å². The summed E-state index contributed by atoms with van der Waals surface area (Å²) in [6.07, 6.45) is 1.87. The minimum Gasteiger partial charge on any atom is -0.317 e. The van der Waals surface area contributed by atoms with Crippen LogP contribution in [0, 0.1) is 11.2 Å². The van der Waals surface area contributed by atoms with Crippen LogP contribution < -0.4 is 5.32 Å². The van der Waals surface area contributed by atoms with Crippen LogP contribution in [0.5, 0.6) is 0 Å². The van der Waals surface area contributed by atoms with Gasteiger partial charge in [0, 0.05) is 6.04 Å². The number of rotatable bonds is 4. The Balaban J connectivity index is 2.70. The molecule has 0 spiro atoms. The quantitative estimate of drug-likeness (QED) is 0.858. The molecule has 0 aliphatic carbocycles. The predicted molar refractivity (Wildman–Crippen MR) is 72.0 cm³/mol. The summed E-state index contributed by atoms with van der Waals surface area (Å²) in [7, 11) is 1.95. The highest BCUT2D eigenvalue weighted by atomic mass is 35.5. The number of hydrogen-bond donors (Lipinski definition) is 1. The van der Waals surface area contributed by atoms with Crippen LogP contribution in [0.2, 0.25) is 5.02 Å². The first-order chi connectivity index (χ1) is 7.81. The topological polar surface area (TPSA) is 12.0 Å². The standard InChI is InChI=1S/C14H21ClFN/c1-14(2,3)9-11(17-4)7-10-5-6-12(15)13(16)8-10/h5-6,8,11,17H,7,9H2,1-4H3. The maximum Gasteiger partial charge on any atom is 0.142 e. The maximum absolute atomic E-state index is 13.3. The second kappa shape index (κ2) is 5.83. The van der Waals surface area contributed by atoms with Crippen LogP contribution in [-0.4, -0.2) is 13.1 Å². The van der Waals surface area contributed by atoms with Gasteiger partial charge in [-0.3, -0.25) is 0 Å². The SMILES string of the molecule is CNC(Cc1ccc(Cl)c(F)c1)CC(C)(C)C. The van der Waals surface area contributed by atoms with Crippen LogP contribution in [0.15, 0.2) is 18.2 Å². The molecule has 3 heteroatoms. The lowest BCUT2D eigenvalue weighted by Crippen LogP contribution is -2.32. The number of halogens is 2. The number of hydrogen-bond acceptors (Lipinski definition) is 1. The van der Waals surface area contributed by atoms with E-state index in [1.807, 2.05) is 13.1 Å². The summed E-state index contributed by atoms with van der Waals surface area (Å²) < 4.78 is 13.3. The fraction of sp³-hybridized carbons (Fsp3) is 0.571. The smallest absolute Gasteiger partial charge is 0.142 e. The predicted octanol–water partition coefficient (Wildman–Crippen LogP) is 4.05. The summed E-state index contributed by atoms with van der Waals surface area (Å²) in [6, 6.07) is 5.39. The van der Waals surface area contributed by atoms with Gasteiger partial charge in [-0.1, -0.05) is 38.4 Å². The Morgan fingerprint density at radius 2 is 2.00 bits per heavy atom. The molecule has 1 unspecified atom stereocenters. The maximum atomic E-state index is 13.3. The Kier molecular flexibility index (Phi) is 4.96. The Hall–Kier alpha value is -0.600. The highest BCUT2D eigenvalue weighted by Crippen LogP contribution is 2.23. The molecule has 1 aromatic carbocycles. The van der Waals surface area contributed by atoms with Crippen molar-refractivity contribution in [2.75, 3.05) is 7.05 Å². The van der Waals surface area contributed by atoms with Gasteiger partial charge in [0.2, 0.25) is 0 Å². The summed E-state index contributed by atoms with van der Waals surface area (Å²) >= 11 is 5.67. The fourth-order valence-electron chi connectivity index (χ4n) is 1.97. The first kappa shape index (κ1) is 14.5. The Morgan fingerprint density at radius 1 is 1.35 bits per heavy atom. The first-order valence-electron chi connectivity index (χ1n) is 5.93. The Bertz CT molecular complexity index is 371.